The molecule has 3 fully saturated rings. The molecule has 5 rings (SSSR count). The maximum Gasteiger partial charge on any atom is 0.225 e. The van der Waals surface area contributed by atoms with Crippen LogP contribution in [-0.2, 0) is 17.8 Å². The first-order valence-electron chi connectivity index (χ1n) is 10.5. The van der Waals surface area contributed by atoms with Crippen LogP contribution in [0.15, 0.2) is 0 Å². The minimum absolute atomic E-state index is 0.327. The highest BCUT2D eigenvalue weighted by Crippen LogP contribution is 2.49. The Kier molecular flexibility index (Phi) is 4.05. The van der Waals surface area contributed by atoms with Gasteiger partial charge in [0, 0.05) is 37.9 Å². The van der Waals surface area contributed by atoms with Crippen LogP contribution in [0.1, 0.15) is 75.4 Å². The van der Waals surface area contributed by atoms with E-state index in [9.17, 15) is 4.79 Å². The van der Waals surface area contributed by atoms with Gasteiger partial charge in [-0.15, -0.1) is 10.2 Å². The molecule has 3 heterocycles. The molecule has 1 aromatic heterocycles. The van der Waals surface area contributed by atoms with Gasteiger partial charge in [-0.25, -0.2) is 0 Å². The van der Waals surface area contributed by atoms with Crippen molar-refractivity contribution in [3.63, 3.8) is 0 Å². The van der Waals surface area contributed by atoms with Gasteiger partial charge in [0.2, 0.25) is 5.91 Å². The lowest BCUT2D eigenvalue weighted by Crippen LogP contribution is -2.44. The van der Waals surface area contributed by atoms with Crippen molar-refractivity contribution in [1.29, 1.82) is 0 Å². The Labute approximate surface area is 150 Å². The Morgan fingerprint density at radius 2 is 1.92 bits per heavy atom. The van der Waals surface area contributed by atoms with E-state index in [0.29, 0.717) is 23.7 Å². The second kappa shape index (κ2) is 6.40. The highest BCUT2D eigenvalue weighted by molar-refractivity contribution is 5.80. The molecule has 2 aliphatic carbocycles. The van der Waals surface area contributed by atoms with Crippen LogP contribution in [0.3, 0.4) is 0 Å². The number of fused-ring (bicyclic) bond motifs is 3. The molecule has 4 atom stereocenters. The molecule has 1 saturated heterocycles. The van der Waals surface area contributed by atoms with Crippen LogP contribution in [-0.4, -0.2) is 38.7 Å². The molecular weight excluding hydrogens is 312 g/mol. The van der Waals surface area contributed by atoms with Crippen molar-refractivity contribution in [3.8, 4) is 0 Å². The smallest absolute Gasteiger partial charge is 0.225 e. The van der Waals surface area contributed by atoms with Crippen molar-refractivity contribution in [2.75, 3.05) is 13.1 Å². The molecule has 1 amide bonds. The Hall–Kier alpha value is -1.39. The molecule has 0 spiro atoms. The number of aromatic nitrogens is 3. The Bertz CT molecular complexity index is 654. The maximum absolute atomic E-state index is 13.1. The van der Waals surface area contributed by atoms with E-state index >= 15 is 0 Å². The number of hydrogen-bond donors (Lipinski definition) is 0. The Morgan fingerprint density at radius 3 is 2.76 bits per heavy atom. The summed E-state index contributed by atoms with van der Waals surface area (Å²) in [6.07, 6.45) is 12.2. The van der Waals surface area contributed by atoms with Crippen LogP contribution < -0.4 is 0 Å². The van der Waals surface area contributed by atoms with E-state index in [2.05, 4.69) is 19.7 Å². The summed E-state index contributed by atoms with van der Waals surface area (Å²) in [6, 6.07) is 0. The lowest BCUT2D eigenvalue weighted by molar-refractivity contribution is -0.138. The first kappa shape index (κ1) is 15.8. The summed E-state index contributed by atoms with van der Waals surface area (Å²) >= 11 is 0. The first-order valence-corrected chi connectivity index (χ1v) is 10.5. The number of aryl methyl sites for hydroxylation is 1. The summed E-state index contributed by atoms with van der Waals surface area (Å²) in [5.41, 5.74) is 0. The van der Waals surface area contributed by atoms with E-state index in [1.807, 2.05) is 0 Å². The van der Waals surface area contributed by atoms with Crippen LogP contribution in [0.4, 0.5) is 0 Å². The molecule has 5 heteroatoms. The van der Waals surface area contributed by atoms with Crippen molar-refractivity contribution in [2.24, 2.45) is 17.8 Å². The SMILES string of the molecule is O=C([C@@H]1C[C@H]2CC[C@H]1C2)N1CCC[C@@H](c2nnc3n2CCCCC3)C1. The summed E-state index contributed by atoms with van der Waals surface area (Å²) in [7, 11) is 0. The predicted octanol–water partition coefficient (Wildman–Crippen LogP) is 3.15. The number of piperidine rings is 1. The second-order valence-electron chi connectivity index (χ2n) is 8.84. The number of amides is 1. The quantitative estimate of drug-likeness (QED) is 0.829. The van der Waals surface area contributed by atoms with Gasteiger partial charge in [-0.2, -0.15) is 0 Å². The normalized spacial score (nSPS) is 34.8. The number of rotatable bonds is 2. The van der Waals surface area contributed by atoms with Crippen LogP contribution in [0.2, 0.25) is 0 Å². The molecule has 25 heavy (non-hydrogen) atoms. The van der Waals surface area contributed by atoms with Crippen LogP contribution in [0.5, 0.6) is 0 Å². The highest BCUT2D eigenvalue weighted by atomic mass is 16.2. The van der Waals surface area contributed by atoms with Crippen molar-refractivity contribution in [1.82, 2.24) is 19.7 Å². The Balaban J connectivity index is 1.31. The fraction of sp³-hybridized carbons (Fsp3) is 0.850. The number of carbonyl (C=O) groups is 1. The number of nitrogens with zero attached hydrogens (tertiary/aromatic N) is 4. The van der Waals surface area contributed by atoms with Gasteiger partial charge in [0.05, 0.1) is 0 Å². The molecule has 136 valence electrons. The molecule has 2 saturated carbocycles. The Morgan fingerprint density at radius 1 is 0.960 bits per heavy atom. The monoisotopic (exact) mass is 342 g/mol. The zero-order chi connectivity index (χ0) is 16.8. The molecule has 1 aromatic rings. The average molecular weight is 342 g/mol. The van der Waals surface area contributed by atoms with E-state index in [-0.39, 0.29) is 0 Å². The third-order valence-corrected chi connectivity index (χ3v) is 7.29. The van der Waals surface area contributed by atoms with Crippen LogP contribution in [0.25, 0.3) is 0 Å². The molecule has 4 aliphatic rings. The molecular formula is C20H30N4O. The topological polar surface area (TPSA) is 51.0 Å². The van der Waals surface area contributed by atoms with E-state index in [1.54, 1.807) is 0 Å². The zero-order valence-corrected chi connectivity index (χ0v) is 15.2. The van der Waals surface area contributed by atoms with Gasteiger partial charge >= 0.3 is 0 Å². The van der Waals surface area contributed by atoms with E-state index in [0.717, 1.165) is 57.1 Å². The van der Waals surface area contributed by atoms with Crippen molar-refractivity contribution < 1.29 is 4.79 Å². The standard InChI is InChI=1S/C20H30N4O/c25-20(17-12-14-7-8-15(17)11-14)23-9-4-5-16(13-23)19-22-21-18-6-2-1-3-10-24(18)19/h14-17H,1-13H2/t14-,15-,16+,17+/m0/s1. The van der Waals surface area contributed by atoms with Crippen LogP contribution in [0, 0.1) is 17.8 Å². The molecule has 2 bridgehead atoms. The fourth-order valence-electron chi connectivity index (χ4n) is 5.98. The number of likely N-dealkylation sites (tertiary alicyclic amines) is 1. The average Bonchev–Trinajstić information content (AvgIpc) is 3.34. The largest absolute Gasteiger partial charge is 0.342 e. The lowest BCUT2D eigenvalue weighted by Gasteiger charge is -2.35. The summed E-state index contributed by atoms with van der Waals surface area (Å²) < 4.78 is 2.38. The third-order valence-electron chi connectivity index (χ3n) is 7.29. The molecule has 2 aliphatic heterocycles. The van der Waals surface area contributed by atoms with Gasteiger partial charge in [0.25, 0.3) is 0 Å². The molecule has 0 aromatic carbocycles. The summed E-state index contributed by atoms with van der Waals surface area (Å²) in [5, 5.41) is 9.05. The second-order valence-corrected chi connectivity index (χ2v) is 8.84. The fourth-order valence-corrected chi connectivity index (χ4v) is 5.98. The molecule has 0 N–H and O–H groups in total. The van der Waals surface area contributed by atoms with Gasteiger partial charge in [-0.05, 0) is 56.8 Å². The first-order chi connectivity index (χ1) is 12.3. The third kappa shape index (κ3) is 2.80. The minimum Gasteiger partial charge on any atom is -0.342 e. The van der Waals surface area contributed by atoms with Gasteiger partial charge in [-0.3, -0.25) is 4.79 Å². The maximum atomic E-state index is 13.1. The molecule has 0 unspecified atom stereocenters. The molecule has 5 nitrogen and oxygen atoms in total. The van der Waals surface area contributed by atoms with E-state index < -0.39 is 0 Å². The van der Waals surface area contributed by atoms with Crippen LogP contribution >= 0.6 is 0 Å². The summed E-state index contributed by atoms with van der Waals surface area (Å²) in [6.45, 7) is 2.88. The van der Waals surface area contributed by atoms with Gasteiger partial charge in [0.15, 0.2) is 0 Å². The van der Waals surface area contributed by atoms with Gasteiger partial charge in [0.1, 0.15) is 11.6 Å². The minimum atomic E-state index is 0.327. The number of hydrogen-bond acceptors (Lipinski definition) is 3. The van der Waals surface area contributed by atoms with Gasteiger partial charge in [-0.1, -0.05) is 12.8 Å². The summed E-state index contributed by atoms with van der Waals surface area (Å²) in [4.78, 5) is 15.3. The number of carbonyl (C=O) groups excluding carboxylic acids is 1. The van der Waals surface area contributed by atoms with E-state index in [1.165, 1.54) is 44.3 Å². The van der Waals surface area contributed by atoms with Gasteiger partial charge < -0.3 is 9.47 Å². The van der Waals surface area contributed by atoms with Crippen molar-refractivity contribution in [3.05, 3.63) is 11.6 Å². The van der Waals surface area contributed by atoms with E-state index in [4.69, 9.17) is 0 Å². The highest BCUT2D eigenvalue weighted by Gasteiger charge is 2.45. The predicted molar refractivity (Wildman–Crippen MR) is 95.1 cm³/mol. The summed E-state index contributed by atoms with van der Waals surface area (Å²) in [5.74, 6) is 5.01. The van der Waals surface area contributed by atoms with Crippen molar-refractivity contribution in [2.45, 2.75) is 76.7 Å². The molecule has 0 radical (unpaired) electrons. The lowest BCUT2D eigenvalue weighted by atomic mass is 9.86. The van der Waals surface area contributed by atoms with Crippen molar-refractivity contribution >= 4 is 5.91 Å². The zero-order valence-electron chi connectivity index (χ0n) is 15.2.